The van der Waals surface area contributed by atoms with E-state index in [2.05, 4.69) is 4.72 Å². The molecule has 0 radical (unpaired) electrons. The second-order valence-corrected chi connectivity index (χ2v) is 13.7. The van der Waals surface area contributed by atoms with Crippen LogP contribution in [0.2, 0.25) is 0 Å². The van der Waals surface area contributed by atoms with Crippen LogP contribution in [0.5, 0.6) is 0 Å². The van der Waals surface area contributed by atoms with Crippen molar-refractivity contribution >= 4 is 48.2 Å². The van der Waals surface area contributed by atoms with Crippen molar-refractivity contribution in [2.24, 2.45) is 5.73 Å². The van der Waals surface area contributed by atoms with Crippen LogP contribution in [0.3, 0.4) is 0 Å². The van der Waals surface area contributed by atoms with Gasteiger partial charge in [-0.05, 0) is 30.2 Å². The van der Waals surface area contributed by atoms with Crippen LogP contribution in [-0.4, -0.2) is 90.4 Å². The predicted octanol–water partition coefficient (Wildman–Crippen LogP) is 1.18. The second kappa shape index (κ2) is 11.5. The molecule has 1 saturated heterocycles. The van der Waals surface area contributed by atoms with Crippen LogP contribution in [0, 0.1) is 5.41 Å². The molecule has 1 aliphatic heterocycles. The molecule has 0 bridgehead atoms. The highest BCUT2D eigenvalue weighted by molar-refractivity contribution is 7.89. The third-order valence-corrected chi connectivity index (χ3v) is 9.76. The number of sulfonamides is 2. The Morgan fingerprint density at radius 3 is 2.23 bits per heavy atom. The molecule has 1 aliphatic rings. The third kappa shape index (κ3) is 6.44. The summed E-state index contributed by atoms with van der Waals surface area (Å²) in [7, 11) is -3.83. The molecule has 1 atom stereocenters. The Kier molecular flexibility index (Phi) is 8.49. The maximum atomic E-state index is 13.8. The maximum absolute atomic E-state index is 13.8. The van der Waals surface area contributed by atoms with Crippen LogP contribution < -0.4 is 15.4 Å². The molecule has 4 rings (SSSR count). The molecular formula is C27H34N6O5S2. The summed E-state index contributed by atoms with van der Waals surface area (Å²) in [6.45, 7) is 0.525. The summed E-state index contributed by atoms with van der Waals surface area (Å²) in [6, 6.07) is 16.0. The zero-order valence-electron chi connectivity index (χ0n) is 22.7. The highest BCUT2D eigenvalue weighted by Gasteiger charge is 2.33. The van der Waals surface area contributed by atoms with Gasteiger partial charge in [0.25, 0.3) is 0 Å². The smallest absolute Gasteiger partial charge is 0.241 e. The van der Waals surface area contributed by atoms with Crippen molar-refractivity contribution in [1.82, 2.24) is 13.9 Å². The molecule has 0 unspecified atom stereocenters. The average molecular weight is 587 g/mol. The summed E-state index contributed by atoms with van der Waals surface area (Å²) in [4.78, 5) is 17.2. The van der Waals surface area contributed by atoms with Gasteiger partial charge in [0.1, 0.15) is 11.9 Å². The number of rotatable bonds is 9. The predicted molar refractivity (Wildman–Crippen MR) is 157 cm³/mol. The van der Waals surface area contributed by atoms with E-state index in [-0.39, 0.29) is 43.3 Å². The lowest BCUT2D eigenvalue weighted by atomic mass is 10.0. The Hall–Kier alpha value is -3.52. The van der Waals surface area contributed by atoms with Crippen molar-refractivity contribution in [1.29, 1.82) is 5.41 Å². The normalized spacial score (nSPS) is 15.6. The van der Waals surface area contributed by atoms with Gasteiger partial charge in [-0.1, -0.05) is 42.5 Å². The molecule has 11 nitrogen and oxygen atoms in total. The summed E-state index contributed by atoms with van der Waals surface area (Å²) >= 11 is 0. The summed E-state index contributed by atoms with van der Waals surface area (Å²) in [5, 5.41) is 9.02. The zero-order chi connectivity index (χ0) is 29.2. The number of anilines is 1. The van der Waals surface area contributed by atoms with Crippen LogP contribution in [0.15, 0.2) is 65.6 Å². The molecule has 3 aromatic carbocycles. The van der Waals surface area contributed by atoms with Crippen molar-refractivity contribution in [3.63, 3.8) is 0 Å². The van der Waals surface area contributed by atoms with Crippen molar-refractivity contribution in [2.75, 3.05) is 51.4 Å². The van der Waals surface area contributed by atoms with E-state index in [0.29, 0.717) is 16.5 Å². The molecule has 1 amide bonds. The maximum Gasteiger partial charge on any atom is 0.241 e. The van der Waals surface area contributed by atoms with Crippen LogP contribution in [-0.2, 0) is 31.3 Å². The van der Waals surface area contributed by atoms with Gasteiger partial charge in [-0.25, -0.2) is 16.8 Å². The highest BCUT2D eigenvalue weighted by atomic mass is 32.2. The number of piperazine rings is 1. The molecule has 4 N–H and O–H groups in total. The second-order valence-electron chi connectivity index (χ2n) is 10.0. The van der Waals surface area contributed by atoms with Gasteiger partial charge in [0, 0.05) is 62.3 Å². The van der Waals surface area contributed by atoms with Crippen molar-refractivity contribution in [3.8, 4) is 0 Å². The first-order valence-electron chi connectivity index (χ1n) is 12.7. The highest BCUT2D eigenvalue weighted by Crippen LogP contribution is 2.30. The lowest BCUT2D eigenvalue weighted by Crippen LogP contribution is -2.56. The Labute approximate surface area is 235 Å². The van der Waals surface area contributed by atoms with E-state index in [1.807, 2.05) is 31.1 Å². The first kappa shape index (κ1) is 29.5. The summed E-state index contributed by atoms with van der Waals surface area (Å²) in [5.74, 6) is -0.603. The minimum absolute atomic E-state index is 0.0131. The number of nitrogens with one attached hydrogen (secondary N) is 2. The monoisotopic (exact) mass is 586 g/mol. The Morgan fingerprint density at radius 2 is 1.60 bits per heavy atom. The number of nitrogens with zero attached hydrogens (tertiary/aromatic N) is 3. The number of nitrogen functional groups attached to an aromatic ring is 1. The van der Waals surface area contributed by atoms with Gasteiger partial charge >= 0.3 is 0 Å². The van der Waals surface area contributed by atoms with E-state index in [0.717, 1.165) is 17.3 Å². The first-order valence-corrected chi connectivity index (χ1v) is 16.0. The van der Waals surface area contributed by atoms with Gasteiger partial charge < -0.3 is 15.5 Å². The largest absolute Gasteiger partial charge is 0.384 e. The molecule has 1 fully saturated rings. The molecule has 3 aromatic rings. The number of amidine groups is 1. The van der Waals surface area contributed by atoms with E-state index >= 15 is 0 Å². The van der Waals surface area contributed by atoms with Crippen LogP contribution in [0.25, 0.3) is 10.8 Å². The van der Waals surface area contributed by atoms with Gasteiger partial charge in [-0.2, -0.15) is 9.03 Å². The molecule has 0 spiro atoms. The van der Waals surface area contributed by atoms with Gasteiger partial charge in [-0.3, -0.25) is 10.2 Å². The van der Waals surface area contributed by atoms with Crippen molar-refractivity contribution in [2.45, 2.75) is 17.4 Å². The number of fused-ring (bicyclic) bond motifs is 1. The number of amides is 1. The number of hydrogen-bond acceptors (Lipinski definition) is 7. The fourth-order valence-corrected chi connectivity index (χ4v) is 7.12. The molecule has 40 heavy (non-hydrogen) atoms. The third-order valence-electron chi connectivity index (χ3n) is 6.92. The van der Waals surface area contributed by atoms with E-state index in [4.69, 9.17) is 11.1 Å². The summed E-state index contributed by atoms with van der Waals surface area (Å²) in [6.07, 6.45) is 1.13. The van der Waals surface area contributed by atoms with E-state index in [9.17, 15) is 21.6 Å². The Morgan fingerprint density at radius 1 is 0.975 bits per heavy atom. The first-order chi connectivity index (χ1) is 18.8. The molecule has 0 aliphatic carbocycles. The number of carbonyl (C=O) groups excluding carboxylic acids is 1. The molecule has 1 heterocycles. The average Bonchev–Trinajstić information content (AvgIpc) is 2.91. The topological polar surface area (TPSA) is 157 Å². The molecular weight excluding hydrogens is 552 g/mol. The fourth-order valence-electron chi connectivity index (χ4n) is 4.88. The van der Waals surface area contributed by atoms with Crippen LogP contribution >= 0.6 is 0 Å². The molecule has 13 heteroatoms. The lowest BCUT2D eigenvalue weighted by Gasteiger charge is -2.35. The van der Waals surface area contributed by atoms with Crippen molar-refractivity contribution < 1.29 is 21.6 Å². The molecule has 214 valence electrons. The van der Waals surface area contributed by atoms with Gasteiger partial charge in [0.2, 0.25) is 26.0 Å². The molecule has 0 aromatic heterocycles. The Bertz CT molecular complexity index is 1650. The summed E-state index contributed by atoms with van der Waals surface area (Å²) < 4.78 is 55.5. The quantitative estimate of drug-likeness (QED) is 0.251. The Balaban J connectivity index is 1.69. The fraction of sp³-hybridized carbons (Fsp3) is 0.333. The van der Waals surface area contributed by atoms with Crippen LogP contribution in [0.4, 0.5) is 5.69 Å². The van der Waals surface area contributed by atoms with Gasteiger partial charge in [-0.15, -0.1) is 0 Å². The zero-order valence-corrected chi connectivity index (χ0v) is 24.3. The number of nitrogens with two attached hydrogens (primary N) is 1. The van der Waals surface area contributed by atoms with E-state index < -0.39 is 32.0 Å². The minimum atomic E-state index is -4.18. The standard InChI is InChI=1S/C27H34N6O5S2/c1-31(2)24-11-5-10-22-21(24)9-6-12-25(22)40(37,38)30-23(18-19-7-4-8-20(17-19)26(28)29)27(34)32-13-15-33(16-14-32)39(3,35)36/h4-12,17,23,30H,13-16,18H2,1-3H3,(H3,28,29)/t23-/m0/s1. The van der Waals surface area contributed by atoms with Gasteiger partial charge in [0.05, 0.1) is 11.2 Å². The summed E-state index contributed by atoms with van der Waals surface area (Å²) in [5.41, 5.74) is 7.57. The van der Waals surface area contributed by atoms with E-state index in [1.54, 1.807) is 42.5 Å². The SMILES string of the molecule is CN(C)c1cccc2c(S(=O)(=O)N[C@@H](Cc3cccc(C(=N)N)c3)C(=O)N3CCN(S(C)(=O)=O)CC3)cccc12. The van der Waals surface area contributed by atoms with Crippen LogP contribution in [0.1, 0.15) is 11.1 Å². The molecule has 0 saturated carbocycles. The number of benzene rings is 3. The van der Waals surface area contributed by atoms with E-state index in [1.165, 1.54) is 15.3 Å². The van der Waals surface area contributed by atoms with Gasteiger partial charge in [0.15, 0.2) is 0 Å². The lowest BCUT2D eigenvalue weighted by molar-refractivity contribution is -0.134. The minimum Gasteiger partial charge on any atom is -0.384 e. The number of hydrogen-bond donors (Lipinski definition) is 3. The van der Waals surface area contributed by atoms with Crippen molar-refractivity contribution in [3.05, 3.63) is 71.8 Å². The number of carbonyl (C=O) groups is 1.